The number of anilines is 1. The third-order valence-electron chi connectivity index (χ3n) is 5.10. The monoisotopic (exact) mass is 476 g/mol. The minimum absolute atomic E-state index is 0.0582. The van der Waals surface area contributed by atoms with Crippen LogP contribution in [-0.4, -0.2) is 28.5 Å². The van der Waals surface area contributed by atoms with E-state index in [0.717, 1.165) is 22.2 Å². The topological polar surface area (TPSA) is 75.7 Å². The highest BCUT2D eigenvalue weighted by Gasteiger charge is 2.36. The van der Waals surface area contributed by atoms with Gasteiger partial charge in [-0.1, -0.05) is 48.5 Å². The van der Waals surface area contributed by atoms with Gasteiger partial charge < -0.3 is 10.1 Å². The number of amides is 3. The van der Waals surface area contributed by atoms with Gasteiger partial charge >= 0.3 is 0 Å². The van der Waals surface area contributed by atoms with Gasteiger partial charge in [-0.25, -0.2) is 4.39 Å². The molecule has 1 aliphatic rings. The predicted molar refractivity (Wildman–Crippen MR) is 130 cm³/mol. The number of ether oxygens (including phenoxy) is 1. The minimum Gasteiger partial charge on any atom is -0.489 e. The first-order chi connectivity index (χ1) is 16.4. The number of hydrogen-bond acceptors (Lipinski definition) is 5. The highest BCUT2D eigenvalue weighted by atomic mass is 32.2. The van der Waals surface area contributed by atoms with E-state index in [1.54, 1.807) is 60.7 Å². The Morgan fingerprint density at radius 3 is 2.62 bits per heavy atom. The number of benzene rings is 3. The maximum Gasteiger partial charge on any atom is 0.294 e. The van der Waals surface area contributed by atoms with Crippen LogP contribution in [-0.2, 0) is 16.2 Å². The van der Waals surface area contributed by atoms with Crippen molar-refractivity contribution in [3.63, 3.8) is 0 Å². The van der Waals surface area contributed by atoms with Crippen molar-refractivity contribution in [2.75, 3.05) is 11.9 Å². The lowest BCUT2D eigenvalue weighted by Crippen LogP contribution is -2.36. The molecule has 1 heterocycles. The van der Waals surface area contributed by atoms with E-state index < -0.39 is 17.1 Å². The first kappa shape index (κ1) is 23.3. The Bertz CT molecular complexity index is 1290. The number of rotatable bonds is 7. The van der Waals surface area contributed by atoms with Crippen molar-refractivity contribution in [3.05, 3.63) is 100 Å². The molecule has 0 saturated carbocycles. The molecule has 0 unspecified atom stereocenters. The lowest BCUT2D eigenvalue weighted by atomic mass is 10.2. The summed E-state index contributed by atoms with van der Waals surface area (Å²) in [5.74, 6) is -0.846. The normalized spacial score (nSPS) is 14.5. The Kier molecular flexibility index (Phi) is 7.08. The van der Waals surface area contributed by atoms with Gasteiger partial charge in [0.1, 0.15) is 24.7 Å². The summed E-state index contributed by atoms with van der Waals surface area (Å²) >= 11 is 0.774. The molecule has 6 nitrogen and oxygen atoms in total. The van der Waals surface area contributed by atoms with Crippen LogP contribution in [0.4, 0.5) is 14.9 Å². The number of carbonyl (C=O) groups excluding carboxylic acids is 3. The number of aryl methyl sites for hydroxylation is 1. The molecule has 3 aromatic rings. The summed E-state index contributed by atoms with van der Waals surface area (Å²) in [4.78, 5) is 38.7. The molecule has 0 bridgehead atoms. The molecule has 1 aliphatic heterocycles. The quantitative estimate of drug-likeness (QED) is 0.463. The lowest BCUT2D eigenvalue weighted by molar-refractivity contribution is -0.127. The zero-order valence-corrected chi connectivity index (χ0v) is 19.1. The Labute approximate surface area is 200 Å². The number of imide groups is 1. The van der Waals surface area contributed by atoms with Gasteiger partial charge in [-0.15, -0.1) is 0 Å². The molecule has 0 atom stereocenters. The summed E-state index contributed by atoms with van der Waals surface area (Å²) in [7, 11) is 0. The average molecular weight is 477 g/mol. The molecule has 0 radical (unpaired) electrons. The standard InChI is InChI=1S/C26H21FN2O4S/c1-17-7-2-5-12-22(17)28-24(30)15-29-25(31)23(34-26(29)32)14-18-8-6-10-20(13-18)33-16-19-9-3-4-11-21(19)27/h2-14H,15-16H2,1H3,(H,28,30)/b23-14+. The molecule has 34 heavy (non-hydrogen) atoms. The zero-order valence-electron chi connectivity index (χ0n) is 18.3. The van der Waals surface area contributed by atoms with Gasteiger partial charge in [0.2, 0.25) is 5.91 Å². The molecule has 172 valence electrons. The van der Waals surface area contributed by atoms with Crippen LogP contribution < -0.4 is 10.1 Å². The van der Waals surface area contributed by atoms with Crippen LogP contribution in [0.15, 0.2) is 77.7 Å². The van der Waals surface area contributed by atoms with Crippen LogP contribution in [0.3, 0.4) is 0 Å². The van der Waals surface area contributed by atoms with Crippen LogP contribution in [0.5, 0.6) is 5.75 Å². The fraction of sp³-hybridized carbons (Fsp3) is 0.115. The molecule has 3 amide bonds. The average Bonchev–Trinajstić information content (AvgIpc) is 3.07. The van der Waals surface area contributed by atoms with Crippen molar-refractivity contribution < 1.29 is 23.5 Å². The Morgan fingerprint density at radius 1 is 1.06 bits per heavy atom. The number of halogens is 1. The molecule has 0 spiro atoms. The van der Waals surface area contributed by atoms with Crippen LogP contribution in [0, 0.1) is 12.7 Å². The van der Waals surface area contributed by atoms with Gasteiger partial charge in [0.05, 0.1) is 4.91 Å². The summed E-state index contributed by atoms with van der Waals surface area (Å²) in [6.07, 6.45) is 1.57. The molecular formula is C26H21FN2O4S. The molecule has 0 aliphatic carbocycles. The maximum atomic E-state index is 13.8. The third kappa shape index (κ3) is 5.52. The lowest BCUT2D eigenvalue weighted by Gasteiger charge is -2.13. The summed E-state index contributed by atoms with van der Waals surface area (Å²) in [6.45, 7) is 1.54. The highest BCUT2D eigenvalue weighted by molar-refractivity contribution is 8.18. The van der Waals surface area contributed by atoms with E-state index in [4.69, 9.17) is 4.74 Å². The highest BCUT2D eigenvalue weighted by Crippen LogP contribution is 2.32. The third-order valence-corrected chi connectivity index (χ3v) is 6.01. The van der Waals surface area contributed by atoms with Crippen molar-refractivity contribution in [2.45, 2.75) is 13.5 Å². The number of carbonyl (C=O) groups is 3. The van der Waals surface area contributed by atoms with E-state index in [1.807, 2.05) is 19.1 Å². The van der Waals surface area contributed by atoms with Crippen LogP contribution in [0.25, 0.3) is 6.08 Å². The Hall–Kier alpha value is -3.91. The van der Waals surface area contributed by atoms with Crippen LogP contribution in [0.2, 0.25) is 0 Å². The molecule has 3 aromatic carbocycles. The Morgan fingerprint density at radius 2 is 1.82 bits per heavy atom. The molecule has 4 rings (SSSR count). The van der Waals surface area contributed by atoms with Crippen molar-refractivity contribution in [3.8, 4) is 5.75 Å². The number of nitrogens with one attached hydrogen (secondary N) is 1. The molecule has 1 N–H and O–H groups in total. The van der Waals surface area contributed by atoms with Crippen molar-refractivity contribution >= 4 is 40.6 Å². The second-order valence-corrected chi connectivity index (χ2v) is 8.58. The number of thioether (sulfide) groups is 1. The van der Waals surface area contributed by atoms with E-state index in [9.17, 15) is 18.8 Å². The van der Waals surface area contributed by atoms with Crippen molar-refractivity contribution in [1.29, 1.82) is 0 Å². The van der Waals surface area contributed by atoms with Gasteiger partial charge in [-0.05, 0) is 60.2 Å². The van der Waals surface area contributed by atoms with Crippen LogP contribution >= 0.6 is 11.8 Å². The fourth-order valence-corrected chi connectivity index (χ4v) is 4.14. The minimum atomic E-state index is -0.535. The first-order valence-corrected chi connectivity index (χ1v) is 11.3. The van der Waals surface area contributed by atoms with E-state index in [2.05, 4.69) is 5.32 Å². The van der Waals surface area contributed by atoms with E-state index in [-0.39, 0.29) is 23.9 Å². The fourth-order valence-electron chi connectivity index (χ4n) is 3.30. The first-order valence-electron chi connectivity index (χ1n) is 10.5. The van der Waals surface area contributed by atoms with E-state index >= 15 is 0 Å². The molecular weight excluding hydrogens is 455 g/mol. The second kappa shape index (κ2) is 10.4. The largest absolute Gasteiger partial charge is 0.489 e. The summed E-state index contributed by atoms with van der Waals surface area (Å²) in [5.41, 5.74) is 2.57. The maximum absolute atomic E-state index is 13.8. The smallest absolute Gasteiger partial charge is 0.294 e. The van der Waals surface area contributed by atoms with Crippen LogP contribution in [0.1, 0.15) is 16.7 Å². The summed E-state index contributed by atoms with van der Waals surface area (Å²) < 4.78 is 19.5. The molecule has 8 heteroatoms. The van der Waals surface area contributed by atoms with Gasteiger partial charge in [0, 0.05) is 11.3 Å². The van der Waals surface area contributed by atoms with Gasteiger partial charge in [0.15, 0.2) is 0 Å². The number of nitrogens with zero attached hydrogens (tertiary/aromatic N) is 1. The van der Waals surface area contributed by atoms with Crippen molar-refractivity contribution in [2.24, 2.45) is 0 Å². The number of para-hydroxylation sites is 1. The zero-order chi connectivity index (χ0) is 24.1. The van der Waals surface area contributed by atoms with E-state index in [1.165, 1.54) is 6.07 Å². The molecule has 0 aromatic heterocycles. The van der Waals surface area contributed by atoms with E-state index in [0.29, 0.717) is 22.6 Å². The van der Waals surface area contributed by atoms with Gasteiger partial charge in [-0.3, -0.25) is 19.3 Å². The summed E-state index contributed by atoms with van der Waals surface area (Å²) in [5, 5.41) is 2.21. The second-order valence-electron chi connectivity index (χ2n) is 7.58. The summed E-state index contributed by atoms with van der Waals surface area (Å²) in [6, 6.07) is 20.5. The predicted octanol–water partition coefficient (Wildman–Crippen LogP) is 5.39. The molecule has 1 saturated heterocycles. The number of hydrogen-bond donors (Lipinski definition) is 1. The Balaban J connectivity index is 1.41. The SMILES string of the molecule is Cc1ccccc1NC(=O)CN1C(=O)S/C(=C/c2cccc(OCc3ccccc3F)c2)C1=O. The van der Waals surface area contributed by atoms with Crippen molar-refractivity contribution in [1.82, 2.24) is 4.90 Å². The van der Waals surface area contributed by atoms with Gasteiger partial charge in [-0.2, -0.15) is 0 Å². The van der Waals surface area contributed by atoms with Gasteiger partial charge in [0.25, 0.3) is 11.1 Å². The molecule has 1 fully saturated rings.